The first-order chi connectivity index (χ1) is 10.7. The average Bonchev–Trinajstić information content (AvgIpc) is 2.67. The molecule has 0 aromatic carbocycles. The van der Waals surface area contributed by atoms with Gasteiger partial charge in [0.2, 0.25) is 5.96 Å². The van der Waals surface area contributed by atoms with Crippen LogP contribution in [0.4, 0.5) is 18.9 Å². The first-order valence-electron chi connectivity index (χ1n) is 7.00. The molecule has 10 heteroatoms. The second-order valence-corrected chi connectivity index (χ2v) is 5.71. The fraction of sp³-hybridized carbons (Fsp3) is 0.538. The lowest BCUT2D eigenvalue weighted by molar-refractivity contribution is -0.100. The van der Waals surface area contributed by atoms with E-state index in [2.05, 4.69) is 20.7 Å². The molecular weight excluding hydrogens is 313 g/mol. The fourth-order valence-corrected chi connectivity index (χ4v) is 2.45. The summed E-state index contributed by atoms with van der Waals surface area (Å²) in [6.07, 6.45) is -2.12. The van der Waals surface area contributed by atoms with E-state index >= 15 is 0 Å². The zero-order chi connectivity index (χ0) is 16.8. The van der Waals surface area contributed by atoms with Crippen LogP contribution in [0.5, 0.6) is 0 Å². The Morgan fingerprint density at radius 1 is 1.48 bits per heavy atom. The Hall–Kier alpha value is -2.07. The van der Waals surface area contributed by atoms with Crippen LogP contribution in [0.15, 0.2) is 23.0 Å². The number of hydrogen-bond acceptors (Lipinski definition) is 6. The summed E-state index contributed by atoms with van der Waals surface area (Å²) in [5, 5.41) is 9.67. The van der Waals surface area contributed by atoms with Crippen LogP contribution in [0.25, 0.3) is 0 Å². The molecule has 1 aromatic heterocycles. The normalized spacial score (nSPS) is 25.3. The summed E-state index contributed by atoms with van der Waals surface area (Å²) in [6.45, 7) is 4.26. The SMILES string of the molecule is Cc1c(NC2=NC(C)(N)C(C(F)(F)F)=CN2)cnn1C1COC1. The predicted molar refractivity (Wildman–Crippen MR) is 77.7 cm³/mol. The third-order valence-electron chi connectivity index (χ3n) is 3.81. The molecule has 0 radical (unpaired) electrons. The van der Waals surface area contributed by atoms with Crippen molar-refractivity contribution in [3.05, 3.63) is 23.7 Å². The van der Waals surface area contributed by atoms with Gasteiger partial charge in [-0.15, -0.1) is 0 Å². The molecule has 2 aliphatic heterocycles. The van der Waals surface area contributed by atoms with Crippen molar-refractivity contribution in [3.8, 4) is 0 Å². The van der Waals surface area contributed by atoms with Crippen molar-refractivity contribution in [2.75, 3.05) is 18.5 Å². The molecule has 1 atom stereocenters. The molecule has 1 fully saturated rings. The first kappa shape index (κ1) is 15.8. The van der Waals surface area contributed by atoms with Crippen LogP contribution in [0.1, 0.15) is 18.7 Å². The molecule has 4 N–H and O–H groups in total. The molecule has 7 nitrogen and oxygen atoms in total. The average molecular weight is 330 g/mol. The van der Waals surface area contributed by atoms with Crippen molar-refractivity contribution in [2.24, 2.45) is 10.7 Å². The van der Waals surface area contributed by atoms with E-state index in [1.807, 2.05) is 11.6 Å². The molecule has 0 saturated carbocycles. The third kappa shape index (κ3) is 2.91. The van der Waals surface area contributed by atoms with E-state index in [0.29, 0.717) is 18.9 Å². The second-order valence-electron chi connectivity index (χ2n) is 5.71. The van der Waals surface area contributed by atoms with Crippen LogP contribution in [0.3, 0.4) is 0 Å². The van der Waals surface area contributed by atoms with Gasteiger partial charge in [-0.25, -0.2) is 4.99 Å². The summed E-state index contributed by atoms with van der Waals surface area (Å²) in [5.41, 5.74) is 4.36. The number of halogens is 3. The van der Waals surface area contributed by atoms with Crippen molar-refractivity contribution in [3.63, 3.8) is 0 Å². The number of nitrogens with two attached hydrogens (primary N) is 1. The minimum atomic E-state index is -4.55. The minimum Gasteiger partial charge on any atom is -0.377 e. The summed E-state index contributed by atoms with van der Waals surface area (Å²) >= 11 is 0. The van der Waals surface area contributed by atoms with Gasteiger partial charge >= 0.3 is 6.18 Å². The molecule has 3 rings (SSSR count). The molecule has 0 aliphatic carbocycles. The molecule has 0 spiro atoms. The highest BCUT2D eigenvalue weighted by Gasteiger charge is 2.45. The van der Waals surface area contributed by atoms with Crippen molar-refractivity contribution in [2.45, 2.75) is 31.7 Å². The van der Waals surface area contributed by atoms with Crippen LogP contribution in [0, 0.1) is 6.92 Å². The quantitative estimate of drug-likeness (QED) is 0.759. The summed E-state index contributed by atoms with van der Waals surface area (Å²) in [4.78, 5) is 3.91. The molecule has 126 valence electrons. The zero-order valence-electron chi connectivity index (χ0n) is 12.6. The number of anilines is 1. The first-order valence-corrected chi connectivity index (χ1v) is 7.00. The Kier molecular flexibility index (Phi) is 3.60. The maximum atomic E-state index is 12.9. The molecule has 2 aliphatic rings. The lowest BCUT2D eigenvalue weighted by Gasteiger charge is -2.30. The van der Waals surface area contributed by atoms with Crippen molar-refractivity contribution < 1.29 is 17.9 Å². The number of nitrogens with zero attached hydrogens (tertiary/aromatic N) is 3. The Labute approximate surface area is 130 Å². The van der Waals surface area contributed by atoms with Gasteiger partial charge in [0, 0.05) is 6.20 Å². The van der Waals surface area contributed by atoms with E-state index < -0.39 is 17.4 Å². The Morgan fingerprint density at radius 3 is 2.70 bits per heavy atom. The van der Waals surface area contributed by atoms with Crippen molar-refractivity contribution >= 4 is 11.6 Å². The summed E-state index contributed by atoms with van der Waals surface area (Å²) in [5.74, 6) is 0.135. The number of guanidine groups is 1. The molecule has 1 aromatic rings. The number of alkyl halides is 3. The van der Waals surface area contributed by atoms with Gasteiger partial charge in [0.15, 0.2) is 0 Å². The Balaban J connectivity index is 1.77. The molecule has 23 heavy (non-hydrogen) atoms. The fourth-order valence-electron chi connectivity index (χ4n) is 2.45. The van der Waals surface area contributed by atoms with E-state index in [1.165, 1.54) is 6.92 Å². The van der Waals surface area contributed by atoms with Gasteiger partial charge < -0.3 is 21.1 Å². The van der Waals surface area contributed by atoms with E-state index in [9.17, 15) is 13.2 Å². The highest BCUT2D eigenvalue weighted by Crippen LogP contribution is 2.34. The van der Waals surface area contributed by atoms with Gasteiger partial charge in [0.05, 0.1) is 42.4 Å². The number of rotatable bonds is 2. The monoisotopic (exact) mass is 330 g/mol. The lowest BCUT2D eigenvalue weighted by Crippen LogP contribution is -2.49. The number of nitrogens with one attached hydrogen (secondary N) is 2. The van der Waals surface area contributed by atoms with E-state index in [1.54, 1.807) is 6.20 Å². The summed E-state index contributed by atoms with van der Waals surface area (Å²) in [7, 11) is 0. The molecule has 0 bridgehead atoms. The molecule has 1 saturated heterocycles. The largest absolute Gasteiger partial charge is 0.417 e. The highest BCUT2D eigenvalue weighted by molar-refractivity contribution is 5.95. The van der Waals surface area contributed by atoms with Crippen LogP contribution in [-0.4, -0.2) is 40.8 Å². The van der Waals surface area contributed by atoms with Crippen LogP contribution in [0.2, 0.25) is 0 Å². The molecule has 3 heterocycles. The van der Waals surface area contributed by atoms with E-state index in [-0.39, 0.29) is 12.0 Å². The van der Waals surface area contributed by atoms with Crippen LogP contribution >= 0.6 is 0 Å². The summed E-state index contributed by atoms with van der Waals surface area (Å²) in [6, 6.07) is 0.184. The van der Waals surface area contributed by atoms with Crippen LogP contribution < -0.4 is 16.4 Å². The maximum absolute atomic E-state index is 12.9. The van der Waals surface area contributed by atoms with Gasteiger partial charge in [-0.1, -0.05) is 0 Å². The Bertz CT molecular complexity index is 672. The van der Waals surface area contributed by atoms with Gasteiger partial charge in [-0.05, 0) is 13.8 Å². The van der Waals surface area contributed by atoms with Crippen molar-refractivity contribution in [1.82, 2.24) is 15.1 Å². The van der Waals surface area contributed by atoms with Crippen molar-refractivity contribution in [1.29, 1.82) is 0 Å². The number of ether oxygens (including phenoxy) is 1. The summed E-state index contributed by atoms with van der Waals surface area (Å²) < 4.78 is 45.6. The van der Waals surface area contributed by atoms with Gasteiger partial charge in [-0.3, -0.25) is 4.68 Å². The number of aliphatic imine (C=N–C) groups is 1. The van der Waals surface area contributed by atoms with E-state index in [4.69, 9.17) is 10.5 Å². The number of aromatic nitrogens is 2. The van der Waals surface area contributed by atoms with E-state index in [0.717, 1.165) is 11.9 Å². The minimum absolute atomic E-state index is 0.135. The second kappa shape index (κ2) is 5.24. The Morgan fingerprint density at radius 2 is 2.17 bits per heavy atom. The number of hydrogen-bond donors (Lipinski definition) is 3. The van der Waals surface area contributed by atoms with Crippen LogP contribution in [-0.2, 0) is 4.74 Å². The maximum Gasteiger partial charge on any atom is 0.417 e. The van der Waals surface area contributed by atoms with Gasteiger partial charge in [0.25, 0.3) is 0 Å². The molecule has 1 unspecified atom stereocenters. The third-order valence-corrected chi connectivity index (χ3v) is 3.81. The standard InChI is InChI=1S/C13H17F3N6O/c1-7-9(3-19-22(7)8-5-23-6-8)20-11-18-4-10(13(14,15)16)12(2,17)21-11/h3-4,8H,5-6,17H2,1-2H3,(H2,18,20,21). The topological polar surface area (TPSA) is 89.5 Å². The lowest BCUT2D eigenvalue weighted by atomic mass is 10.0. The predicted octanol–water partition coefficient (Wildman–Crippen LogP) is 1.26. The smallest absolute Gasteiger partial charge is 0.377 e. The zero-order valence-corrected chi connectivity index (χ0v) is 12.6. The van der Waals surface area contributed by atoms with Gasteiger partial charge in [-0.2, -0.15) is 18.3 Å². The molecule has 0 amide bonds. The highest BCUT2D eigenvalue weighted by atomic mass is 19.4. The molecular formula is C13H17F3N6O. The van der Waals surface area contributed by atoms with Gasteiger partial charge in [0.1, 0.15) is 5.66 Å².